The molecule has 9 heteroatoms. The van der Waals surface area contributed by atoms with Gasteiger partial charge >= 0.3 is 0 Å². The molecule has 0 saturated heterocycles. The van der Waals surface area contributed by atoms with Gasteiger partial charge in [0, 0.05) is 11.3 Å². The predicted octanol–water partition coefficient (Wildman–Crippen LogP) is 5.76. The smallest absolute Gasteiger partial charge is 0.300 e. The molecule has 5 rings (SSSR count). The van der Waals surface area contributed by atoms with Gasteiger partial charge in [0.1, 0.15) is 12.1 Å². The standard InChI is InChI=1S/C30H24FN5O3/c1-2-7-26(37)34-24-14-12-22(13-15-24)29-36-27-28(32-19-33-30(27)39-29)35-25(21-9-4-3-5-10-21)18-38-17-20-8-6-11-23(31)16-20/h3-6,8-16,19,25H,17-18H2,1H3,(H,34,37)(H,32,33,35). The van der Waals surface area contributed by atoms with Gasteiger partial charge < -0.3 is 19.8 Å². The van der Waals surface area contributed by atoms with Crippen LogP contribution in [0.1, 0.15) is 24.1 Å². The van der Waals surface area contributed by atoms with Crippen molar-refractivity contribution in [2.45, 2.75) is 19.6 Å². The molecule has 0 aliphatic rings. The van der Waals surface area contributed by atoms with Crippen molar-refractivity contribution in [2.24, 2.45) is 0 Å². The van der Waals surface area contributed by atoms with Gasteiger partial charge in [0.15, 0.2) is 11.3 Å². The highest BCUT2D eigenvalue weighted by molar-refractivity contribution is 6.04. The SMILES string of the molecule is CC#CC(=O)Nc1ccc(-c2nc3c(NC(COCc4cccc(F)c4)c4ccccc4)ncnc3o2)cc1. The first-order chi connectivity index (χ1) is 19.1. The van der Waals surface area contributed by atoms with Gasteiger partial charge in [-0.1, -0.05) is 48.4 Å². The first kappa shape index (κ1) is 25.6. The molecule has 1 atom stereocenters. The van der Waals surface area contributed by atoms with Crippen LogP contribution in [0.4, 0.5) is 15.9 Å². The summed E-state index contributed by atoms with van der Waals surface area (Å²) in [5.74, 6) is 5.16. The Hall–Kier alpha value is -5.07. The molecule has 0 radical (unpaired) electrons. The molecule has 39 heavy (non-hydrogen) atoms. The van der Waals surface area contributed by atoms with E-state index in [0.29, 0.717) is 40.8 Å². The van der Waals surface area contributed by atoms with Crippen molar-refractivity contribution >= 4 is 28.6 Å². The number of carbonyl (C=O) groups excluding carboxylic acids is 1. The number of nitrogens with one attached hydrogen (secondary N) is 2. The van der Waals surface area contributed by atoms with Crippen molar-refractivity contribution in [1.82, 2.24) is 15.0 Å². The molecule has 5 aromatic rings. The summed E-state index contributed by atoms with van der Waals surface area (Å²) >= 11 is 0. The molecule has 2 heterocycles. The van der Waals surface area contributed by atoms with Crippen LogP contribution >= 0.6 is 0 Å². The molecule has 3 aromatic carbocycles. The first-order valence-electron chi connectivity index (χ1n) is 12.2. The fraction of sp³-hybridized carbons (Fsp3) is 0.133. The minimum Gasteiger partial charge on any atom is -0.417 e. The van der Waals surface area contributed by atoms with E-state index in [9.17, 15) is 9.18 Å². The number of oxazole rings is 1. The van der Waals surface area contributed by atoms with E-state index in [0.717, 1.165) is 11.1 Å². The second-order valence-electron chi connectivity index (χ2n) is 8.55. The zero-order valence-corrected chi connectivity index (χ0v) is 21.0. The maximum Gasteiger partial charge on any atom is 0.300 e. The number of fused-ring (bicyclic) bond motifs is 1. The topological polar surface area (TPSA) is 102 Å². The van der Waals surface area contributed by atoms with Crippen molar-refractivity contribution < 1.29 is 18.3 Å². The lowest BCUT2D eigenvalue weighted by atomic mass is 10.1. The summed E-state index contributed by atoms with van der Waals surface area (Å²) in [7, 11) is 0. The Bertz CT molecular complexity index is 1640. The molecule has 0 aliphatic carbocycles. The quantitative estimate of drug-likeness (QED) is 0.238. The van der Waals surface area contributed by atoms with Crippen molar-refractivity contribution in [2.75, 3.05) is 17.2 Å². The van der Waals surface area contributed by atoms with Crippen molar-refractivity contribution in [3.05, 3.63) is 102 Å². The van der Waals surface area contributed by atoms with E-state index >= 15 is 0 Å². The Morgan fingerprint density at radius 3 is 2.64 bits per heavy atom. The normalized spacial score (nSPS) is 11.4. The van der Waals surface area contributed by atoms with Crippen LogP contribution in [0, 0.1) is 17.7 Å². The van der Waals surface area contributed by atoms with E-state index in [1.54, 1.807) is 37.3 Å². The number of ether oxygens (including phenoxy) is 1. The van der Waals surface area contributed by atoms with E-state index < -0.39 is 0 Å². The van der Waals surface area contributed by atoms with Gasteiger partial charge in [-0.25, -0.2) is 14.4 Å². The molecule has 1 unspecified atom stereocenters. The minimum absolute atomic E-state index is 0.261. The van der Waals surface area contributed by atoms with Crippen LogP contribution in [-0.2, 0) is 16.1 Å². The summed E-state index contributed by atoms with van der Waals surface area (Å²) in [5.41, 5.74) is 3.83. The predicted molar refractivity (Wildman–Crippen MR) is 146 cm³/mol. The van der Waals surface area contributed by atoms with Crippen molar-refractivity contribution in [3.8, 4) is 23.3 Å². The highest BCUT2D eigenvalue weighted by atomic mass is 19.1. The minimum atomic E-state index is -0.383. The molecule has 194 valence electrons. The van der Waals surface area contributed by atoms with Crippen molar-refractivity contribution in [3.63, 3.8) is 0 Å². The number of benzene rings is 3. The van der Waals surface area contributed by atoms with Crippen LogP contribution in [0.2, 0.25) is 0 Å². The molecular formula is C30H24FN5O3. The number of aromatic nitrogens is 3. The second kappa shape index (κ2) is 12.0. The summed E-state index contributed by atoms with van der Waals surface area (Å²) in [6.07, 6.45) is 1.41. The maximum absolute atomic E-state index is 13.6. The Balaban J connectivity index is 1.36. The summed E-state index contributed by atoms with van der Waals surface area (Å²) in [6.45, 7) is 2.16. The molecule has 0 aliphatic heterocycles. The Morgan fingerprint density at radius 1 is 1.05 bits per heavy atom. The molecule has 2 N–H and O–H groups in total. The lowest BCUT2D eigenvalue weighted by Gasteiger charge is -2.20. The Labute approximate surface area is 224 Å². The molecule has 0 spiro atoms. The third kappa shape index (κ3) is 6.44. The highest BCUT2D eigenvalue weighted by Gasteiger charge is 2.18. The average Bonchev–Trinajstić information content (AvgIpc) is 3.39. The van der Waals surface area contributed by atoms with E-state index in [1.807, 2.05) is 36.4 Å². The second-order valence-corrected chi connectivity index (χ2v) is 8.55. The Kier molecular flexibility index (Phi) is 7.86. The lowest BCUT2D eigenvalue weighted by molar-refractivity contribution is -0.111. The number of anilines is 2. The Morgan fingerprint density at radius 2 is 1.87 bits per heavy atom. The molecule has 8 nitrogen and oxygen atoms in total. The van der Waals surface area contributed by atoms with Gasteiger partial charge in [-0.15, -0.1) is 0 Å². The fourth-order valence-corrected chi connectivity index (χ4v) is 3.95. The number of rotatable bonds is 9. The number of hydrogen-bond donors (Lipinski definition) is 2. The number of hydrogen-bond acceptors (Lipinski definition) is 7. The average molecular weight is 522 g/mol. The monoisotopic (exact) mass is 521 g/mol. The maximum atomic E-state index is 13.6. The number of carbonyl (C=O) groups is 1. The molecule has 0 bridgehead atoms. The van der Waals surface area contributed by atoms with E-state index in [2.05, 4.69) is 37.4 Å². The zero-order valence-electron chi connectivity index (χ0n) is 21.0. The van der Waals surface area contributed by atoms with E-state index in [4.69, 9.17) is 9.15 Å². The van der Waals surface area contributed by atoms with Gasteiger partial charge in [-0.2, -0.15) is 4.98 Å². The fourth-order valence-electron chi connectivity index (χ4n) is 3.95. The third-order valence-corrected chi connectivity index (χ3v) is 5.78. The highest BCUT2D eigenvalue weighted by Crippen LogP contribution is 2.29. The summed E-state index contributed by atoms with van der Waals surface area (Å²) < 4.78 is 25.4. The van der Waals surface area contributed by atoms with E-state index in [-0.39, 0.29) is 24.4 Å². The number of amides is 1. The van der Waals surface area contributed by atoms with Crippen LogP contribution in [0.25, 0.3) is 22.7 Å². The molecule has 0 saturated carbocycles. The lowest BCUT2D eigenvalue weighted by Crippen LogP contribution is -2.18. The van der Waals surface area contributed by atoms with Crippen LogP contribution in [0.3, 0.4) is 0 Å². The van der Waals surface area contributed by atoms with E-state index in [1.165, 1.54) is 18.5 Å². The number of halogens is 1. The van der Waals surface area contributed by atoms with Gasteiger partial charge in [0.05, 0.1) is 19.3 Å². The van der Waals surface area contributed by atoms with Gasteiger partial charge in [0.25, 0.3) is 11.6 Å². The van der Waals surface area contributed by atoms with Crippen LogP contribution in [0.5, 0.6) is 0 Å². The van der Waals surface area contributed by atoms with Gasteiger partial charge in [0.2, 0.25) is 5.89 Å². The first-order valence-corrected chi connectivity index (χ1v) is 12.2. The summed E-state index contributed by atoms with van der Waals surface area (Å²) in [5, 5.41) is 6.11. The van der Waals surface area contributed by atoms with Crippen LogP contribution < -0.4 is 10.6 Å². The molecule has 0 fully saturated rings. The van der Waals surface area contributed by atoms with Gasteiger partial charge in [-0.05, 0) is 60.4 Å². The van der Waals surface area contributed by atoms with Crippen LogP contribution in [0.15, 0.2) is 89.6 Å². The number of nitrogens with zero attached hydrogens (tertiary/aromatic N) is 3. The molecule has 1 amide bonds. The summed E-state index contributed by atoms with van der Waals surface area (Å²) in [6, 6.07) is 22.9. The molecular weight excluding hydrogens is 497 g/mol. The summed E-state index contributed by atoms with van der Waals surface area (Å²) in [4.78, 5) is 25.0. The zero-order chi connectivity index (χ0) is 27.0. The van der Waals surface area contributed by atoms with Gasteiger partial charge in [-0.3, -0.25) is 4.79 Å². The van der Waals surface area contributed by atoms with Crippen molar-refractivity contribution in [1.29, 1.82) is 0 Å². The van der Waals surface area contributed by atoms with Crippen LogP contribution in [-0.4, -0.2) is 27.5 Å². The molecule has 2 aromatic heterocycles. The largest absolute Gasteiger partial charge is 0.417 e. The third-order valence-electron chi connectivity index (χ3n) is 5.78.